The van der Waals surface area contributed by atoms with Crippen LogP contribution in [0.25, 0.3) is 10.1 Å². The number of ether oxygens (including phenoxy) is 1. The Balaban J connectivity index is 1.84. The van der Waals surface area contributed by atoms with Gasteiger partial charge in [0.25, 0.3) is 5.91 Å². The molecule has 0 fully saturated rings. The zero-order chi connectivity index (χ0) is 20.1. The second-order valence-electron chi connectivity index (χ2n) is 5.87. The minimum atomic E-state index is -0.810. The molecule has 146 valence electrons. The second kappa shape index (κ2) is 9.01. The predicted molar refractivity (Wildman–Crippen MR) is 108 cm³/mol. The molecule has 1 unspecified atom stereocenters. The number of hydrogen-bond donors (Lipinski definition) is 3. The number of nitrogens with one attached hydrogen (secondary N) is 2. The Morgan fingerprint density at radius 3 is 2.71 bits per heavy atom. The van der Waals surface area contributed by atoms with E-state index in [1.807, 2.05) is 0 Å². The smallest absolute Gasteiger partial charge is 0.262 e. The highest BCUT2D eigenvalue weighted by molar-refractivity contribution is 7.20. The fourth-order valence-electron chi connectivity index (χ4n) is 2.56. The first-order chi connectivity index (χ1) is 13.5. The molecular weight excluding hydrogens is 402 g/mol. The number of carbonyl (C=O) groups excluding carboxylic acids is 2. The van der Waals surface area contributed by atoms with E-state index in [-0.39, 0.29) is 18.9 Å². The lowest BCUT2D eigenvalue weighted by Gasteiger charge is -2.15. The lowest BCUT2D eigenvalue weighted by atomic mass is 10.2. The van der Waals surface area contributed by atoms with Crippen molar-refractivity contribution < 1.29 is 19.4 Å². The number of nitrogens with zero attached hydrogens (tertiary/aromatic N) is 1. The topological polar surface area (TPSA) is 101 Å². The number of carbonyl (C=O) groups is 2. The summed E-state index contributed by atoms with van der Waals surface area (Å²) < 4.78 is 6.65. The summed E-state index contributed by atoms with van der Waals surface area (Å²) in [6, 6.07) is 7.81. The Hall–Kier alpha value is -2.68. The molecule has 0 radical (unpaired) electrons. The van der Waals surface area contributed by atoms with Gasteiger partial charge in [0.15, 0.2) is 5.75 Å². The van der Waals surface area contributed by atoms with Gasteiger partial charge in [-0.05, 0) is 36.8 Å². The fourth-order valence-corrected chi connectivity index (χ4v) is 3.63. The summed E-state index contributed by atoms with van der Waals surface area (Å²) in [4.78, 5) is 29.0. The average molecular weight is 420 g/mol. The van der Waals surface area contributed by atoms with Crippen molar-refractivity contribution in [1.29, 1.82) is 0 Å². The van der Waals surface area contributed by atoms with Crippen molar-refractivity contribution in [2.45, 2.75) is 12.5 Å². The van der Waals surface area contributed by atoms with Gasteiger partial charge >= 0.3 is 0 Å². The lowest BCUT2D eigenvalue weighted by Crippen LogP contribution is -2.46. The van der Waals surface area contributed by atoms with Crippen LogP contribution in [0.4, 0.5) is 0 Å². The van der Waals surface area contributed by atoms with E-state index in [4.69, 9.17) is 21.4 Å². The number of hydrogen-bond acceptors (Lipinski definition) is 6. The Bertz CT molecular complexity index is 991. The molecule has 2 amide bonds. The number of amides is 2. The van der Waals surface area contributed by atoms with E-state index in [2.05, 4.69) is 15.6 Å². The summed E-state index contributed by atoms with van der Waals surface area (Å²) >= 11 is 7.13. The van der Waals surface area contributed by atoms with E-state index in [9.17, 15) is 9.59 Å². The summed E-state index contributed by atoms with van der Waals surface area (Å²) in [5.74, 6) is 0.337. The first-order valence-electron chi connectivity index (χ1n) is 8.46. The van der Waals surface area contributed by atoms with Crippen LogP contribution in [0.2, 0.25) is 5.02 Å². The Morgan fingerprint density at radius 1 is 1.29 bits per heavy atom. The molecule has 0 spiro atoms. The molecule has 0 aliphatic carbocycles. The van der Waals surface area contributed by atoms with Gasteiger partial charge in [0.2, 0.25) is 5.91 Å². The van der Waals surface area contributed by atoms with Gasteiger partial charge < -0.3 is 20.5 Å². The number of benzene rings is 1. The molecule has 9 heteroatoms. The largest absolute Gasteiger partial charge is 0.455 e. The van der Waals surface area contributed by atoms with Crippen LogP contribution in [-0.2, 0) is 4.79 Å². The maximum absolute atomic E-state index is 12.6. The van der Waals surface area contributed by atoms with E-state index in [0.717, 1.165) is 10.1 Å². The molecule has 3 rings (SSSR count). The SMILES string of the molecule is CNC(=O)C(CCO)NC(=O)c1cc2c(Oc3ccc(Cl)cc3)cncc2s1. The number of halogens is 1. The summed E-state index contributed by atoms with van der Waals surface area (Å²) in [5, 5.41) is 15.6. The zero-order valence-electron chi connectivity index (χ0n) is 14.9. The standard InChI is InChI=1S/C19H18ClN3O4S/c1-21-18(25)14(6-7-24)23-19(26)16-8-13-15(9-22-10-17(13)28-16)27-12-4-2-11(20)3-5-12/h2-5,8-10,14,24H,6-7H2,1H3,(H,21,25)(H,23,26). The molecule has 1 aromatic carbocycles. The van der Waals surface area contributed by atoms with Crippen LogP contribution < -0.4 is 15.4 Å². The van der Waals surface area contributed by atoms with Crippen LogP contribution in [0.5, 0.6) is 11.5 Å². The van der Waals surface area contributed by atoms with Crippen molar-refractivity contribution >= 4 is 44.8 Å². The summed E-state index contributed by atoms with van der Waals surface area (Å²) in [5.41, 5.74) is 0. The van der Waals surface area contributed by atoms with Crippen molar-refractivity contribution in [1.82, 2.24) is 15.6 Å². The number of likely N-dealkylation sites (N-methyl/N-ethyl adjacent to an activating group) is 1. The number of aliphatic hydroxyl groups is 1. The van der Waals surface area contributed by atoms with Crippen molar-refractivity contribution in [3.8, 4) is 11.5 Å². The van der Waals surface area contributed by atoms with E-state index < -0.39 is 11.9 Å². The molecule has 0 aliphatic rings. The second-order valence-corrected chi connectivity index (χ2v) is 7.39. The van der Waals surface area contributed by atoms with Gasteiger partial charge in [0, 0.05) is 30.3 Å². The summed E-state index contributed by atoms with van der Waals surface area (Å²) in [7, 11) is 1.48. The zero-order valence-corrected chi connectivity index (χ0v) is 16.5. The van der Waals surface area contributed by atoms with Gasteiger partial charge in [-0.25, -0.2) is 0 Å². The molecule has 1 atom stereocenters. The number of aliphatic hydroxyl groups excluding tert-OH is 1. The van der Waals surface area contributed by atoms with Crippen molar-refractivity contribution in [2.24, 2.45) is 0 Å². The first kappa shape index (κ1) is 20.1. The van der Waals surface area contributed by atoms with Crippen LogP contribution >= 0.6 is 22.9 Å². The normalized spacial score (nSPS) is 11.8. The molecule has 2 heterocycles. The van der Waals surface area contributed by atoms with Crippen molar-refractivity contribution in [3.05, 3.63) is 52.6 Å². The van der Waals surface area contributed by atoms with Crippen LogP contribution in [0, 0.1) is 0 Å². The quantitative estimate of drug-likeness (QED) is 0.546. The molecule has 2 aromatic heterocycles. The molecule has 0 saturated heterocycles. The van der Waals surface area contributed by atoms with Gasteiger partial charge in [0.1, 0.15) is 11.8 Å². The van der Waals surface area contributed by atoms with Crippen molar-refractivity contribution in [2.75, 3.05) is 13.7 Å². The maximum Gasteiger partial charge on any atom is 0.262 e. The number of fused-ring (bicyclic) bond motifs is 1. The Kier molecular flexibility index (Phi) is 6.45. The van der Waals surface area contributed by atoms with Crippen molar-refractivity contribution in [3.63, 3.8) is 0 Å². The Morgan fingerprint density at radius 2 is 2.04 bits per heavy atom. The fraction of sp³-hybridized carbons (Fsp3) is 0.211. The maximum atomic E-state index is 12.6. The minimum Gasteiger partial charge on any atom is -0.455 e. The van der Waals surface area contributed by atoms with Crippen LogP contribution in [-0.4, -0.2) is 41.6 Å². The van der Waals surface area contributed by atoms with Crippen LogP contribution in [0.3, 0.4) is 0 Å². The number of pyridine rings is 1. The molecule has 3 N–H and O–H groups in total. The summed E-state index contributed by atoms with van der Waals surface area (Å²) in [6.45, 7) is -0.215. The van der Waals surface area contributed by atoms with Gasteiger partial charge in [-0.3, -0.25) is 14.6 Å². The number of rotatable bonds is 7. The third-order valence-corrected chi connectivity index (χ3v) is 5.28. The van der Waals surface area contributed by atoms with Gasteiger partial charge in [0.05, 0.1) is 15.8 Å². The average Bonchev–Trinajstić information content (AvgIpc) is 3.14. The monoisotopic (exact) mass is 419 g/mol. The molecule has 3 aromatic rings. The van der Waals surface area contributed by atoms with Gasteiger partial charge in [-0.1, -0.05) is 11.6 Å². The minimum absolute atomic E-state index is 0.128. The number of thiophene rings is 1. The molecule has 0 saturated carbocycles. The molecule has 7 nitrogen and oxygen atoms in total. The first-order valence-corrected chi connectivity index (χ1v) is 9.65. The third kappa shape index (κ3) is 4.59. The molecule has 28 heavy (non-hydrogen) atoms. The van der Waals surface area contributed by atoms with Gasteiger partial charge in [-0.15, -0.1) is 11.3 Å². The summed E-state index contributed by atoms with van der Waals surface area (Å²) in [6.07, 6.45) is 3.35. The molecule has 0 aliphatic heterocycles. The highest BCUT2D eigenvalue weighted by Crippen LogP contribution is 2.34. The van der Waals surface area contributed by atoms with Crippen LogP contribution in [0.15, 0.2) is 42.7 Å². The van der Waals surface area contributed by atoms with E-state index in [1.54, 1.807) is 42.7 Å². The molecular formula is C19H18ClN3O4S. The van der Waals surface area contributed by atoms with E-state index in [0.29, 0.717) is 21.4 Å². The predicted octanol–water partition coefficient (Wildman–Crippen LogP) is 2.97. The van der Waals surface area contributed by atoms with E-state index in [1.165, 1.54) is 18.4 Å². The number of aromatic nitrogens is 1. The van der Waals surface area contributed by atoms with Gasteiger partial charge in [-0.2, -0.15) is 0 Å². The highest BCUT2D eigenvalue weighted by Gasteiger charge is 2.21. The van der Waals surface area contributed by atoms with Crippen LogP contribution in [0.1, 0.15) is 16.1 Å². The lowest BCUT2D eigenvalue weighted by molar-refractivity contribution is -0.122. The van der Waals surface area contributed by atoms with E-state index >= 15 is 0 Å². The third-order valence-electron chi connectivity index (χ3n) is 3.96. The molecule has 0 bridgehead atoms. The highest BCUT2D eigenvalue weighted by atomic mass is 35.5. The Labute approximate surface area is 170 Å².